The lowest BCUT2D eigenvalue weighted by atomic mass is 9.92. The molecule has 29 heavy (non-hydrogen) atoms. The number of carbonyl (C=O) groups is 2. The molecule has 11 heteroatoms. The fourth-order valence-electron chi connectivity index (χ4n) is 2.59. The number of rotatable bonds is 8. The number of hydrogen-bond acceptors (Lipinski definition) is 3. The molecule has 0 aromatic heterocycles. The molecule has 0 heterocycles. The monoisotopic (exact) mass is 429 g/mol. The van der Waals surface area contributed by atoms with Gasteiger partial charge in [0.05, 0.1) is 0 Å². The molecule has 0 unspecified atom stereocenters. The third-order valence-corrected chi connectivity index (χ3v) is 4.20. The van der Waals surface area contributed by atoms with E-state index in [9.17, 15) is 41.0 Å². The van der Waals surface area contributed by atoms with E-state index in [-0.39, 0.29) is 31.5 Å². The Kier molecular flexibility index (Phi) is 7.69. The minimum absolute atomic E-state index is 0.0342. The second-order valence-electron chi connectivity index (χ2n) is 6.75. The minimum Gasteiger partial charge on any atom is -0.481 e. The van der Waals surface area contributed by atoms with Gasteiger partial charge in [0.15, 0.2) is 0 Å². The summed E-state index contributed by atoms with van der Waals surface area (Å²) in [4.78, 5) is 24.1. The highest BCUT2D eigenvalue weighted by molar-refractivity contribution is 5.94. The molecule has 0 aliphatic rings. The molecule has 1 amide bonds. The molecule has 0 aliphatic carbocycles. The Balaban J connectivity index is 3.21. The van der Waals surface area contributed by atoms with Crippen LogP contribution in [0.15, 0.2) is 24.3 Å². The summed E-state index contributed by atoms with van der Waals surface area (Å²) in [6, 6.07) is 2.70. The number of amides is 1. The van der Waals surface area contributed by atoms with Gasteiger partial charge in [-0.05, 0) is 25.0 Å². The van der Waals surface area contributed by atoms with Gasteiger partial charge in [0, 0.05) is 30.1 Å². The first-order valence-corrected chi connectivity index (χ1v) is 8.62. The number of alkyl halides is 6. The summed E-state index contributed by atoms with van der Waals surface area (Å²) in [6.45, 7) is 3.16. The van der Waals surface area contributed by atoms with Crippen molar-refractivity contribution in [2.45, 2.75) is 51.1 Å². The molecule has 0 fully saturated rings. The van der Waals surface area contributed by atoms with Crippen LogP contribution >= 0.6 is 0 Å². The predicted molar refractivity (Wildman–Crippen MR) is 91.1 cm³/mol. The number of nitrogens with zero attached hydrogens (tertiary/aromatic N) is 1. The minimum atomic E-state index is -6.00. The number of unbranched alkanes of at least 4 members (excludes halogenated alkanes) is 1. The molecule has 164 valence electrons. The lowest BCUT2D eigenvalue weighted by molar-refractivity contribution is -0.376. The van der Waals surface area contributed by atoms with Gasteiger partial charge < -0.3 is 15.1 Å². The van der Waals surface area contributed by atoms with Crippen LogP contribution in [0.5, 0.6) is 0 Å². The van der Waals surface area contributed by atoms with Gasteiger partial charge in [0.1, 0.15) is 0 Å². The fourth-order valence-corrected chi connectivity index (χ4v) is 2.59. The van der Waals surface area contributed by atoms with E-state index in [2.05, 4.69) is 0 Å². The summed E-state index contributed by atoms with van der Waals surface area (Å²) in [5.41, 5.74) is -6.44. The number of hydrogen-bond donors (Lipinski definition) is 2. The number of carbonyl (C=O) groups excluding carboxylic acids is 1. The van der Waals surface area contributed by atoms with Crippen molar-refractivity contribution >= 4 is 17.6 Å². The van der Waals surface area contributed by atoms with Gasteiger partial charge in [-0.3, -0.25) is 9.59 Å². The van der Waals surface area contributed by atoms with Gasteiger partial charge >= 0.3 is 18.3 Å². The largest absolute Gasteiger partial charge is 0.481 e. The predicted octanol–water partition coefficient (Wildman–Crippen LogP) is 4.24. The summed E-state index contributed by atoms with van der Waals surface area (Å²) in [7, 11) is 0. The van der Waals surface area contributed by atoms with E-state index in [1.807, 2.05) is 0 Å². The van der Waals surface area contributed by atoms with Gasteiger partial charge in [-0.2, -0.15) is 26.3 Å². The van der Waals surface area contributed by atoms with Crippen molar-refractivity contribution in [1.29, 1.82) is 0 Å². The highest BCUT2D eigenvalue weighted by Gasteiger charge is 2.71. The second kappa shape index (κ2) is 9.02. The average Bonchev–Trinajstić information content (AvgIpc) is 2.58. The maximum Gasteiger partial charge on any atom is 0.430 e. The molecule has 1 rings (SSSR count). The molecule has 2 N–H and O–H groups in total. The fraction of sp³-hybridized carbons (Fsp3) is 0.556. The molecule has 0 spiro atoms. The van der Waals surface area contributed by atoms with Crippen molar-refractivity contribution in [2.75, 3.05) is 11.4 Å². The van der Waals surface area contributed by atoms with Crippen molar-refractivity contribution in [3.8, 4) is 0 Å². The van der Waals surface area contributed by atoms with Crippen LogP contribution < -0.4 is 4.90 Å². The van der Waals surface area contributed by atoms with Crippen LogP contribution in [0, 0.1) is 5.92 Å². The Morgan fingerprint density at radius 1 is 0.966 bits per heavy atom. The number of carboxylic acids is 1. The third-order valence-electron chi connectivity index (χ3n) is 4.20. The van der Waals surface area contributed by atoms with Crippen LogP contribution in [0.1, 0.15) is 38.7 Å². The zero-order valence-electron chi connectivity index (χ0n) is 15.6. The van der Waals surface area contributed by atoms with E-state index < -0.39 is 41.3 Å². The van der Waals surface area contributed by atoms with Crippen molar-refractivity contribution in [1.82, 2.24) is 0 Å². The van der Waals surface area contributed by atoms with E-state index in [4.69, 9.17) is 5.11 Å². The smallest absolute Gasteiger partial charge is 0.430 e. The zero-order chi connectivity index (χ0) is 22.6. The van der Waals surface area contributed by atoms with Gasteiger partial charge in [-0.15, -0.1) is 0 Å². The standard InChI is InChI=1S/C18H21F6NO4/c1-11(2)15(28)25(10-4-3-5-14(26)27)13-8-6-12(7-9-13)16(29,17(19,20)21)18(22,23)24/h6-9,11,29H,3-5,10H2,1-2H3,(H,26,27). The van der Waals surface area contributed by atoms with E-state index in [1.165, 1.54) is 0 Å². The van der Waals surface area contributed by atoms with Crippen LogP contribution in [-0.2, 0) is 15.2 Å². The zero-order valence-corrected chi connectivity index (χ0v) is 15.6. The summed E-state index contributed by atoms with van der Waals surface area (Å²) in [6.07, 6.45) is -11.7. The van der Waals surface area contributed by atoms with E-state index in [1.54, 1.807) is 13.8 Å². The third kappa shape index (κ3) is 5.62. The molecule has 1 aromatic rings. The number of aliphatic hydroxyl groups is 1. The van der Waals surface area contributed by atoms with Gasteiger partial charge in [-0.1, -0.05) is 26.0 Å². The van der Waals surface area contributed by atoms with Crippen molar-refractivity contribution in [3.63, 3.8) is 0 Å². The molecule has 0 saturated heterocycles. The molecular weight excluding hydrogens is 408 g/mol. The molecule has 0 saturated carbocycles. The van der Waals surface area contributed by atoms with Crippen molar-refractivity contribution in [2.24, 2.45) is 5.92 Å². The Morgan fingerprint density at radius 3 is 1.83 bits per heavy atom. The summed E-state index contributed by atoms with van der Waals surface area (Å²) in [5.74, 6) is -1.99. The summed E-state index contributed by atoms with van der Waals surface area (Å²) in [5, 5.41) is 18.1. The number of aliphatic carboxylic acids is 1. The summed E-state index contributed by atoms with van der Waals surface area (Å²) < 4.78 is 77.8. The Hall–Kier alpha value is -2.30. The second-order valence-corrected chi connectivity index (χ2v) is 6.75. The lowest BCUT2D eigenvalue weighted by Crippen LogP contribution is -2.53. The van der Waals surface area contributed by atoms with E-state index >= 15 is 0 Å². The Morgan fingerprint density at radius 2 is 1.45 bits per heavy atom. The number of anilines is 1. The highest BCUT2D eigenvalue weighted by Crippen LogP contribution is 2.50. The molecule has 0 atom stereocenters. The SMILES string of the molecule is CC(C)C(=O)N(CCCCC(=O)O)c1ccc(C(O)(C(F)(F)F)C(F)(F)F)cc1. The van der Waals surface area contributed by atoms with Crippen molar-refractivity contribution < 1.29 is 46.1 Å². The van der Waals surface area contributed by atoms with Crippen molar-refractivity contribution in [3.05, 3.63) is 29.8 Å². The molecule has 0 aliphatic heterocycles. The lowest BCUT2D eigenvalue weighted by Gasteiger charge is -2.33. The van der Waals surface area contributed by atoms with Gasteiger partial charge in [-0.25, -0.2) is 0 Å². The maximum atomic E-state index is 13.0. The Labute approximate surface area is 162 Å². The number of carboxylic acid groups (broad SMARTS) is 1. The molecule has 5 nitrogen and oxygen atoms in total. The van der Waals surface area contributed by atoms with Crippen LogP contribution in [0.3, 0.4) is 0 Å². The van der Waals surface area contributed by atoms with Crippen LogP contribution in [-0.4, -0.2) is 41.0 Å². The first-order valence-electron chi connectivity index (χ1n) is 8.62. The van der Waals surface area contributed by atoms with E-state index in [0.717, 1.165) is 17.0 Å². The Bertz CT molecular complexity index is 699. The van der Waals surface area contributed by atoms with E-state index in [0.29, 0.717) is 12.1 Å². The van der Waals surface area contributed by atoms with Crippen LogP contribution in [0.4, 0.5) is 32.0 Å². The highest BCUT2D eigenvalue weighted by atomic mass is 19.4. The van der Waals surface area contributed by atoms with Gasteiger partial charge in [0.2, 0.25) is 5.91 Å². The summed E-state index contributed by atoms with van der Waals surface area (Å²) >= 11 is 0. The quantitative estimate of drug-likeness (QED) is 0.479. The molecule has 1 aromatic carbocycles. The van der Waals surface area contributed by atoms with Crippen LogP contribution in [0.2, 0.25) is 0 Å². The molecular formula is C18H21F6NO4. The topological polar surface area (TPSA) is 77.8 Å². The molecule has 0 radical (unpaired) electrons. The first-order chi connectivity index (χ1) is 13.1. The average molecular weight is 429 g/mol. The van der Waals surface area contributed by atoms with Gasteiger partial charge in [0.25, 0.3) is 5.60 Å². The number of benzene rings is 1. The molecule has 0 bridgehead atoms. The van der Waals surface area contributed by atoms with Crippen LogP contribution in [0.25, 0.3) is 0 Å². The normalized spacial score (nSPS) is 12.9. The first kappa shape index (κ1) is 24.7. The number of halogens is 6. The maximum absolute atomic E-state index is 13.0.